The second-order valence-corrected chi connectivity index (χ2v) is 6.53. The highest BCUT2D eigenvalue weighted by Crippen LogP contribution is 2.30. The molecule has 0 unspecified atom stereocenters. The zero-order valence-electron chi connectivity index (χ0n) is 16.1. The maximum absolute atomic E-state index is 14.5. The van der Waals surface area contributed by atoms with Gasteiger partial charge in [0.05, 0.1) is 0 Å². The minimum Gasteiger partial charge on any atom is -0.436 e. The monoisotopic (exact) mass is 410 g/mol. The van der Waals surface area contributed by atoms with Crippen molar-refractivity contribution in [3.63, 3.8) is 0 Å². The molecule has 1 heterocycles. The van der Waals surface area contributed by atoms with Crippen molar-refractivity contribution < 1.29 is 13.5 Å². The van der Waals surface area contributed by atoms with Crippen molar-refractivity contribution in [2.45, 2.75) is 13.5 Å². The van der Waals surface area contributed by atoms with Gasteiger partial charge >= 0.3 is 0 Å². The molecule has 0 bridgehead atoms. The predicted octanol–water partition coefficient (Wildman–Crippen LogP) is 3.64. The summed E-state index contributed by atoms with van der Waals surface area (Å²) in [6, 6.07) is 13.1. The lowest BCUT2D eigenvalue weighted by Gasteiger charge is -2.13. The Morgan fingerprint density at radius 2 is 1.63 bits per heavy atom. The summed E-state index contributed by atoms with van der Waals surface area (Å²) in [7, 11) is 0. The highest BCUT2D eigenvalue weighted by atomic mass is 19.1. The van der Waals surface area contributed by atoms with Gasteiger partial charge in [0.15, 0.2) is 17.5 Å². The number of hydrogen-bond donors (Lipinski definition) is 5. The smallest absolute Gasteiger partial charge is 0.258 e. The molecule has 30 heavy (non-hydrogen) atoms. The average Bonchev–Trinajstić information content (AvgIpc) is 2.73. The Balaban J connectivity index is 1.87. The zero-order chi connectivity index (χ0) is 21.8. The van der Waals surface area contributed by atoms with E-state index < -0.39 is 17.5 Å². The zero-order valence-corrected chi connectivity index (χ0v) is 16.1. The van der Waals surface area contributed by atoms with Crippen LogP contribution in [0.5, 0.6) is 11.6 Å². The molecule has 1 aromatic heterocycles. The number of nitrogens with one attached hydrogen (secondary N) is 3. The fourth-order valence-corrected chi connectivity index (χ4v) is 2.69. The molecular formula is C21H20F2N6O. The number of nitrogens with two attached hydrogens (primary N) is 2. The molecule has 0 radical (unpaired) electrons. The van der Waals surface area contributed by atoms with E-state index >= 15 is 0 Å². The minimum absolute atomic E-state index is 0.0812. The van der Waals surface area contributed by atoms with Gasteiger partial charge in [0.1, 0.15) is 17.4 Å². The third-order valence-corrected chi connectivity index (χ3v) is 4.33. The first kappa shape index (κ1) is 20.7. The highest BCUT2D eigenvalue weighted by Gasteiger charge is 2.19. The number of aromatic nitrogens is 1. The van der Waals surface area contributed by atoms with Gasteiger partial charge in [-0.05, 0) is 30.7 Å². The van der Waals surface area contributed by atoms with Crippen molar-refractivity contribution in [2.24, 2.45) is 11.5 Å². The van der Waals surface area contributed by atoms with Crippen LogP contribution in [0.2, 0.25) is 0 Å². The van der Waals surface area contributed by atoms with E-state index in [1.165, 1.54) is 13.0 Å². The minimum atomic E-state index is -0.926. The molecule has 0 aliphatic heterocycles. The Morgan fingerprint density at radius 3 is 2.30 bits per heavy atom. The van der Waals surface area contributed by atoms with Gasteiger partial charge in [0.25, 0.3) is 5.88 Å². The number of pyridine rings is 1. The number of rotatable bonds is 7. The molecule has 0 atom stereocenters. The van der Waals surface area contributed by atoms with Gasteiger partial charge in [-0.25, -0.2) is 8.78 Å². The van der Waals surface area contributed by atoms with Crippen LogP contribution >= 0.6 is 0 Å². The Bertz CT molecular complexity index is 1130. The number of amidine groups is 2. The van der Waals surface area contributed by atoms with Crippen LogP contribution in [0.25, 0.3) is 0 Å². The molecule has 7 nitrogen and oxygen atoms in total. The molecule has 0 saturated carbocycles. The number of nitrogens with zero attached hydrogens (tertiary/aromatic N) is 1. The van der Waals surface area contributed by atoms with Crippen LogP contribution in [0.4, 0.5) is 14.6 Å². The van der Waals surface area contributed by atoms with Crippen LogP contribution in [0, 0.1) is 29.4 Å². The molecule has 0 aliphatic carbocycles. The Labute approximate surface area is 171 Å². The SMILES string of the molecule is Cc1c(F)c(NCc2cccc(C(=N)N)c2)nc(Oc2cccc(C(=N)N)c2)c1F. The summed E-state index contributed by atoms with van der Waals surface area (Å²) in [5.41, 5.74) is 12.4. The van der Waals surface area contributed by atoms with E-state index in [1.54, 1.807) is 42.5 Å². The van der Waals surface area contributed by atoms with Gasteiger partial charge in [-0.15, -0.1) is 0 Å². The van der Waals surface area contributed by atoms with E-state index in [0.29, 0.717) is 11.1 Å². The van der Waals surface area contributed by atoms with Gasteiger partial charge in [-0.3, -0.25) is 10.8 Å². The lowest BCUT2D eigenvalue weighted by Crippen LogP contribution is -2.12. The van der Waals surface area contributed by atoms with E-state index in [2.05, 4.69) is 10.3 Å². The summed E-state index contributed by atoms with van der Waals surface area (Å²) in [6.45, 7) is 1.46. The quantitative estimate of drug-likeness (QED) is 0.299. The summed E-state index contributed by atoms with van der Waals surface area (Å²) in [5, 5.41) is 17.8. The third kappa shape index (κ3) is 4.52. The molecule has 154 valence electrons. The maximum atomic E-state index is 14.5. The fraction of sp³-hybridized carbons (Fsp3) is 0.0952. The molecule has 2 aromatic carbocycles. The van der Waals surface area contributed by atoms with Crippen molar-refractivity contribution in [1.82, 2.24) is 4.98 Å². The van der Waals surface area contributed by atoms with Crippen molar-refractivity contribution in [3.05, 3.63) is 82.4 Å². The molecule has 3 rings (SSSR count). The summed E-state index contributed by atoms with van der Waals surface area (Å²) < 4.78 is 34.6. The molecule has 9 heteroatoms. The molecule has 0 saturated heterocycles. The second-order valence-electron chi connectivity index (χ2n) is 6.53. The predicted molar refractivity (Wildman–Crippen MR) is 111 cm³/mol. The molecule has 0 aliphatic rings. The summed E-state index contributed by atoms with van der Waals surface area (Å²) in [6.07, 6.45) is 0. The molecule has 7 N–H and O–H groups in total. The molecule has 0 amide bonds. The first-order valence-electron chi connectivity index (χ1n) is 8.91. The van der Waals surface area contributed by atoms with Crippen LogP contribution < -0.4 is 21.5 Å². The second kappa shape index (κ2) is 8.56. The Kier molecular flexibility index (Phi) is 5.91. The summed E-state index contributed by atoms with van der Waals surface area (Å²) in [4.78, 5) is 3.94. The van der Waals surface area contributed by atoms with E-state index in [4.69, 9.17) is 27.0 Å². The van der Waals surface area contributed by atoms with Crippen molar-refractivity contribution in [2.75, 3.05) is 5.32 Å². The van der Waals surface area contributed by atoms with Gasteiger partial charge in [-0.1, -0.05) is 30.3 Å². The van der Waals surface area contributed by atoms with E-state index in [1.807, 2.05) is 0 Å². The number of benzene rings is 2. The number of halogens is 2. The summed E-state index contributed by atoms with van der Waals surface area (Å²) in [5.74, 6) is -2.39. The van der Waals surface area contributed by atoms with Gasteiger partial charge in [0, 0.05) is 23.2 Å². The number of anilines is 1. The first-order valence-corrected chi connectivity index (χ1v) is 8.91. The fourth-order valence-electron chi connectivity index (χ4n) is 2.69. The van der Waals surface area contributed by atoms with Crippen molar-refractivity contribution in [3.8, 4) is 11.6 Å². The third-order valence-electron chi connectivity index (χ3n) is 4.33. The normalized spacial score (nSPS) is 10.5. The average molecular weight is 410 g/mol. The number of nitrogen functional groups attached to an aromatic ring is 2. The van der Waals surface area contributed by atoms with E-state index in [-0.39, 0.29) is 35.3 Å². The number of hydrogen-bond acceptors (Lipinski definition) is 5. The Hall–Kier alpha value is -4.01. The molecule has 3 aromatic rings. The topological polar surface area (TPSA) is 134 Å². The van der Waals surface area contributed by atoms with Crippen LogP contribution in [0.15, 0.2) is 48.5 Å². The van der Waals surface area contributed by atoms with Crippen molar-refractivity contribution >= 4 is 17.5 Å². The van der Waals surface area contributed by atoms with Gasteiger partial charge < -0.3 is 21.5 Å². The van der Waals surface area contributed by atoms with Crippen LogP contribution in [-0.4, -0.2) is 16.7 Å². The van der Waals surface area contributed by atoms with Gasteiger partial charge in [-0.2, -0.15) is 4.98 Å². The van der Waals surface area contributed by atoms with Crippen molar-refractivity contribution in [1.29, 1.82) is 10.8 Å². The maximum Gasteiger partial charge on any atom is 0.258 e. The summed E-state index contributed by atoms with van der Waals surface area (Å²) >= 11 is 0. The van der Waals surface area contributed by atoms with E-state index in [9.17, 15) is 8.78 Å². The molecule has 0 fully saturated rings. The van der Waals surface area contributed by atoms with Crippen LogP contribution in [0.3, 0.4) is 0 Å². The Morgan fingerprint density at radius 1 is 1.00 bits per heavy atom. The highest BCUT2D eigenvalue weighted by molar-refractivity contribution is 5.95. The van der Waals surface area contributed by atoms with Gasteiger partial charge in [0.2, 0.25) is 0 Å². The first-order chi connectivity index (χ1) is 14.3. The lowest BCUT2D eigenvalue weighted by atomic mass is 10.1. The van der Waals surface area contributed by atoms with Crippen LogP contribution in [0.1, 0.15) is 22.3 Å². The standard InChI is InChI=1S/C21H20F2N6O/c1-11-16(22)20(28-10-12-4-2-5-13(8-12)18(24)25)29-21(17(11)23)30-15-7-3-6-14(9-15)19(26)27/h2-9H,10H2,1H3,(H3,24,25)(H3,26,27)(H,28,29). The molecule has 0 spiro atoms. The largest absolute Gasteiger partial charge is 0.436 e. The molecular weight excluding hydrogens is 390 g/mol. The number of ether oxygens (including phenoxy) is 1. The van der Waals surface area contributed by atoms with Crippen LogP contribution in [-0.2, 0) is 6.54 Å². The van der Waals surface area contributed by atoms with E-state index in [0.717, 1.165) is 5.56 Å². The lowest BCUT2D eigenvalue weighted by molar-refractivity contribution is 0.414.